The molecule has 0 spiro atoms. The lowest BCUT2D eigenvalue weighted by molar-refractivity contribution is -0.204. The number of anilines is 1. The second-order valence-corrected chi connectivity index (χ2v) is 9.61. The second kappa shape index (κ2) is 11.0. The number of nitrogens with one attached hydrogen (secondary N) is 1. The Morgan fingerprint density at radius 1 is 1.03 bits per heavy atom. The number of piperidine rings is 1. The first kappa shape index (κ1) is 27.5. The number of nitrogens with zero attached hydrogens (tertiary/aromatic N) is 3. The minimum Gasteiger partial charge on any atom is -0.452 e. The molecule has 2 aromatic rings. The van der Waals surface area contributed by atoms with Crippen LogP contribution in [-0.2, 0) is 22.3 Å². The number of alkyl halides is 6. The van der Waals surface area contributed by atoms with E-state index >= 15 is 0 Å². The lowest BCUT2D eigenvalue weighted by atomic mass is 10.0. The van der Waals surface area contributed by atoms with Gasteiger partial charge < -0.3 is 15.0 Å². The van der Waals surface area contributed by atoms with Crippen LogP contribution >= 0.6 is 11.6 Å². The van der Waals surface area contributed by atoms with Crippen molar-refractivity contribution in [2.75, 3.05) is 31.1 Å². The lowest BCUT2D eigenvalue weighted by Crippen LogP contribution is -2.51. The first-order valence-electron chi connectivity index (χ1n) is 11.7. The van der Waals surface area contributed by atoms with Crippen LogP contribution in [0, 0.1) is 0 Å². The molecule has 0 unspecified atom stereocenters. The fraction of sp³-hybridized carbons (Fsp3) is 0.500. The molecule has 4 rings (SSSR count). The highest BCUT2D eigenvalue weighted by Gasteiger charge is 2.46. The number of carbonyl (C=O) groups excluding carboxylic acids is 1. The summed E-state index contributed by atoms with van der Waals surface area (Å²) in [6.45, 7) is 2.02. The van der Waals surface area contributed by atoms with Crippen molar-refractivity contribution < 1.29 is 35.9 Å². The van der Waals surface area contributed by atoms with Crippen molar-refractivity contribution in [2.24, 2.45) is 0 Å². The van der Waals surface area contributed by atoms with Crippen LogP contribution in [0.5, 0.6) is 0 Å². The predicted molar refractivity (Wildman–Crippen MR) is 124 cm³/mol. The molecule has 3 heterocycles. The molecule has 1 aromatic heterocycles. The molecule has 1 N–H and O–H groups in total. The summed E-state index contributed by atoms with van der Waals surface area (Å²) in [5.74, 6) is -2.38. The first-order valence-corrected chi connectivity index (χ1v) is 12.1. The molecule has 6 nitrogen and oxygen atoms in total. The Morgan fingerprint density at radius 2 is 1.70 bits per heavy atom. The number of ether oxygens (including phenoxy) is 1. The SMILES string of the molecule is O=C(O[C@H]1CN(c2cccc(C(F)(F)F)n2)C[C@@H]1NC1CCN(Cc2ccc(Cl)cc2)CC1)C(F)(F)F. The van der Waals surface area contributed by atoms with Crippen LogP contribution in [0.2, 0.25) is 5.02 Å². The quantitative estimate of drug-likeness (QED) is 0.417. The molecule has 2 saturated heterocycles. The topological polar surface area (TPSA) is 57.7 Å². The highest BCUT2D eigenvalue weighted by Crippen LogP contribution is 2.31. The molecule has 2 aliphatic rings. The second-order valence-electron chi connectivity index (χ2n) is 9.18. The van der Waals surface area contributed by atoms with Crippen LogP contribution in [0.4, 0.5) is 32.2 Å². The third kappa shape index (κ3) is 7.26. The molecule has 0 aliphatic carbocycles. The molecule has 0 radical (unpaired) electrons. The highest BCUT2D eigenvalue weighted by molar-refractivity contribution is 6.30. The van der Waals surface area contributed by atoms with E-state index in [2.05, 4.69) is 15.2 Å². The Hall–Kier alpha value is -2.57. The maximum atomic E-state index is 13.1. The lowest BCUT2D eigenvalue weighted by Gasteiger charge is -2.34. The van der Waals surface area contributed by atoms with Crippen LogP contribution in [0.1, 0.15) is 24.1 Å². The van der Waals surface area contributed by atoms with Gasteiger partial charge in [0.1, 0.15) is 17.6 Å². The molecular formula is C24H25ClF6N4O2. The molecule has 37 heavy (non-hydrogen) atoms. The third-order valence-corrected chi connectivity index (χ3v) is 6.71. The monoisotopic (exact) mass is 550 g/mol. The largest absolute Gasteiger partial charge is 0.490 e. The van der Waals surface area contributed by atoms with Crippen LogP contribution < -0.4 is 10.2 Å². The van der Waals surface area contributed by atoms with Crippen molar-refractivity contribution in [3.05, 3.63) is 58.7 Å². The van der Waals surface area contributed by atoms with Gasteiger partial charge in [-0.05, 0) is 55.8 Å². The molecule has 2 fully saturated rings. The Morgan fingerprint density at radius 3 is 2.32 bits per heavy atom. The number of pyridine rings is 1. The summed E-state index contributed by atoms with van der Waals surface area (Å²) in [4.78, 5) is 18.8. The van der Waals surface area contributed by atoms with Gasteiger partial charge >= 0.3 is 18.3 Å². The van der Waals surface area contributed by atoms with E-state index in [0.717, 1.165) is 31.3 Å². The number of hydrogen-bond acceptors (Lipinski definition) is 6. The molecule has 2 atom stereocenters. The number of halogens is 7. The number of aromatic nitrogens is 1. The molecular weight excluding hydrogens is 526 g/mol. The average molecular weight is 551 g/mol. The Labute approximate surface area is 214 Å². The van der Waals surface area contributed by atoms with Gasteiger partial charge in [-0.1, -0.05) is 29.8 Å². The third-order valence-electron chi connectivity index (χ3n) is 6.46. The highest BCUT2D eigenvalue weighted by atomic mass is 35.5. The van der Waals surface area contributed by atoms with E-state index in [1.54, 1.807) is 0 Å². The van der Waals surface area contributed by atoms with E-state index in [1.807, 2.05) is 24.3 Å². The van der Waals surface area contributed by atoms with Crippen molar-refractivity contribution in [3.63, 3.8) is 0 Å². The van der Waals surface area contributed by atoms with Crippen molar-refractivity contribution in [3.8, 4) is 0 Å². The zero-order valence-corrected chi connectivity index (χ0v) is 20.3. The summed E-state index contributed by atoms with van der Waals surface area (Å²) in [7, 11) is 0. The summed E-state index contributed by atoms with van der Waals surface area (Å²) in [6.07, 6.45) is -9.66. The van der Waals surface area contributed by atoms with Gasteiger partial charge in [0, 0.05) is 24.2 Å². The van der Waals surface area contributed by atoms with Crippen molar-refractivity contribution in [1.29, 1.82) is 0 Å². The summed E-state index contributed by atoms with van der Waals surface area (Å²) in [6, 6.07) is 10.1. The van der Waals surface area contributed by atoms with E-state index in [1.165, 1.54) is 17.0 Å². The van der Waals surface area contributed by atoms with Gasteiger partial charge in [-0.25, -0.2) is 9.78 Å². The molecule has 2 aliphatic heterocycles. The number of esters is 1. The number of benzene rings is 1. The van der Waals surface area contributed by atoms with Gasteiger partial charge in [-0.2, -0.15) is 26.3 Å². The average Bonchev–Trinajstić information content (AvgIpc) is 3.23. The first-order chi connectivity index (χ1) is 17.4. The summed E-state index contributed by atoms with van der Waals surface area (Å²) < 4.78 is 82.7. The molecule has 0 saturated carbocycles. The predicted octanol–water partition coefficient (Wildman–Crippen LogP) is 4.67. The van der Waals surface area contributed by atoms with E-state index in [0.29, 0.717) is 17.9 Å². The van der Waals surface area contributed by atoms with Gasteiger partial charge in [0.15, 0.2) is 0 Å². The Balaban J connectivity index is 1.40. The minimum absolute atomic E-state index is 0.0368. The maximum Gasteiger partial charge on any atom is 0.490 e. The summed E-state index contributed by atoms with van der Waals surface area (Å²) in [5.41, 5.74) is -0.00624. The van der Waals surface area contributed by atoms with Gasteiger partial charge in [-0.3, -0.25) is 4.90 Å². The molecule has 0 bridgehead atoms. The van der Waals surface area contributed by atoms with Gasteiger partial charge in [0.05, 0.1) is 12.6 Å². The van der Waals surface area contributed by atoms with Gasteiger partial charge in [0.25, 0.3) is 0 Å². The fourth-order valence-corrected chi connectivity index (χ4v) is 4.74. The van der Waals surface area contributed by atoms with E-state index < -0.39 is 36.2 Å². The number of carbonyl (C=O) groups is 1. The van der Waals surface area contributed by atoms with Crippen molar-refractivity contribution in [2.45, 2.75) is 49.9 Å². The molecule has 1 aromatic carbocycles. The number of likely N-dealkylation sites (tertiary alicyclic amines) is 1. The van der Waals surface area contributed by atoms with E-state index in [-0.39, 0.29) is 24.9 Å². The van der Waals surface area contributed by atoms with Crippen LogP contribution in [0.3, 0.4) is 0 Å². The van der Waals surface area contributed by atoms with Crippen molar-refractivity contribution >= 4 is 23.4 Å². The zero-order chi connectivity index (χ0) is 26.8. The maximum absolute atomic E-state index is 13.1. The molecule has 202 valence electrons. The molecule has 13 heteroatoms. The Kier molecular flexibility index (Phi) is 8.20. The van der Waals surface area contributed by atoms with Gasteiger partial charge in [-0.15, -0.1) is 0 Å². The van der Waals surface area contributed by atoms with Crippen LogP contribution in [0.15, 0.2) is 42.5 Å². The van der Waals surface area contributed by atoms with Crippen LogP contribution in [0.25, 0.3) is 0 Å². The van der Waals surface area contributed by atoms with E-state index in [4.69, 9.17) is 16.3 Å². The van der Waals surface area contributed by atoms with E-state index in [9.17, 15) is 31.1 Å². The fourth-order valence-electron chi connectivity index (χ4n) is 4.61. The summed E-state index contributed by atoms with van der Waals surface area (Å²) in [5, 5.41) is 3.93. The standard InChI is InChI=1S/C24H25ClF6N4O2/c25-16-6-4-15(5-7-16)12-34-10-8-17(9-11-34)32-18-13-35(14-19(18)37-22(36)24(29,30)31)21-3-1-2-20(33-21)23(26,27)28/h1-7,17-19,32H,8-14H2/t18-,19-/m0/s1. The zero-order valence-electron chi connectivity index (χ0n) is 19.5. The smallest absolute Gasteiger partial charge is 0.452 e. The molecule has 0 amide bonds. The minimum atomic E-state index is -5.18. The van der Waals surface area contributed by atoms with Crippen molar-refractivity contribution in [1.82, 2.24) is 15.2 Å². The Bertz CT molecular complexity index is 1070. The number of hydrogen-bond donors (Lipinski definition) is 1. The summed E-state index contributed by atoms with van der Waals surface area (Å²) >= 11 is 5.93. The number of rotatable bonds is 6. The van der Waals surface area contributed by atoms with Crippen LogP contribution in [-0.4, -0.2) is 66.4 Å². The normalized spacial score (nSPS) is 21.9. The van der Waals surface area contributed by atoms with Gasteiger partial charge in [0.2, 0.25) is 0 Å².